The maximum atomic E-state index is 14.2. The number of rotatable bonds is 7. The molecule has 0 spiro atoms. The third-order valence-corrected chi connectivity index (χ3v) is 7.65. The summed E-state index contributed by atoms with van der Waals surface area (Å²) in [7, 11) is 0. The van der Waals surface area contributed by atoms with Gasteiger partial charge in [0.25, 0.3) is 5.91 Å². The zero-order chi connectivity index (χ0) is 21.8. The lowest BCUT2D eigenvalue weighted by Gasteiger charge is -2.50. The number of piperazine rings is 1. The minimum atomic E-state index is -2.64. The Labute approximate surface area is 181 Å². The second-order valence-electron chi connectivity index (χ2n) is 8.44. The zero-order valence-corrected chi connectivity index (χ0v) is 18.7. The summed E-state index contributed by atoms with van der Waals surface area (Å²) >= 11 is 1.84. The molecular weight excluding hydrogens is 411 g/mol. The van der Waals surface area contributed by atoms with Crippen molar-refractivity contribution in [1.29, 1.82) is 0 Å². The Morgan fingerprint density at radius 2 is 1.80 bits per heavy atom. The van der Waals surface area contributed by atoms with E-state index in [2.05, 4.69) is 21.4 Å². The fraction of sp³-hybridized carbons (Fsp3) is 0.682. The van der Waals surface area contributed by atoms with Gasteiger partial charge in [0.15, 0.2) is 0 Å². The van der Waals surface area contributed by atoms with Crippen molar-refractivity contribution in [1.82, 2.24) is 14.5 Å². The highest BCUT2D eigenvalue weighted by molar-refractivity contribution is 7.97. The molecule has 3 rings (SSSR count). The molecule has 1 amide bonds. The predicted octanol–water partition coefficient (Wildman–Crippen LogP) is 4.49. The number of nitrogens with zero attached hydrogens (tertiary/aromatic N) is 2. The topological polar surface area (TPSA) is 35.6 Å². The molecule has 1 aliphatic heterocycles. The first-order valence-electron chi connectivity index (χ1n) is 10.8. The summed E-state index contributed by atoms with van der Waals surface area (Å²) in [6.07, 6.45) is 1.43. The number of carbonyl (C=O) groups is 1. The molecule has 168 valence electrons. The van der Waals surface area contributed by atoms with Crippen molar-refractivity contribution in [3.05, 3.63) is 35.1 Å². The van der Waals surface area contributed by atoms with Gasteiger partial charge in [0.1, 0.15) is 5.82 Å². The van der Waals surface area contributed by atoms with Crippen LogP contribution in [-0.4, -0.2) is 65.1 Å². The minimum Gasteiger partial charge on any atom is -0.350 e. The van der Waals surface area contributed by atoms with Crippen molar-refractivity contribution in [3.8, 4) is 0 Å². The Balaban J connectivity index is 1.69. The molecule has 0 unspecified atom stereocenters. The fourth-order valence-corrected chi connectivity index (χ4v) is 5.31. The summed E-state index contributed by atoms with van der Waals surface area (Å²) in [6, 6.07) is 4.54. The highest BCUT2D eigenvalue weighted by Gasteiger charge is 2.47. The number of hydrogen-bond acceptors (Lipinski definition) is 4. The zero-order valence-electron chi connectivity index (χ0n) is 17.9. The number of nitrogens with one attached hydrogen (secondary N) is 1. The van der Waals surface area contributed by atoms with Gasteiger partial charge in [-0.3, -0.25) is 9.69 Å². The summed E-state index contributed by atoms with van der Waals surface area (Å²) in [5, 5.41) is 2.88. The van der Waals surface area contributed by atoms with E-state index in [1.165, 1.54) is 6.07 Å². The van der Waals surface area contributed by atoms with E-state index in [4.69, 9.17) is 0 Å². The monoisotopic (exact) mass is 443 g/mol. The third kappa shape index (κ3) is 5.51. The van der Waals surface area contributed by atoms with E-state index in [0.717, 1.165) is 38.4 Å². The van der Waals surface area contributed by atoms with Crippen molar-refractivity contribution in [2.24, 2.45) is 0 Å². The van der Waals surface area contributed by atoms with Crippen LogP contribution in [0.5, 0.6) is 0 Å². The van der Waals surface area contributed by atoms with Crippen LogP contribution in [0.15, 0.2) is 18.2 Å². The average molecular weight is 444 g/mol. The Morgan fingerprint density at radius 1 is 1.13 bits per heavy atom. The standard InChI is InChI=1S/C22H32F3N3OS/c1-3-15-30-28-13-11-27(12-14-28)21(7-9-22(24,25)10-8-21)16-26-20(29)19-17(2)5-4-6-18(19)23/h4-6H,3,7-16H2,1-2H3,(H,26,29). The van der Waals surface area contributed by atoms with Gasteiger partial charge < -0.3 is 5.32 Å². The number of amides is 1. The van der Waals surface area contributed by atoms with Crippen LogP contribution in [0.3, 0.4) is 0 Å². The van der Waals surface area contributed by atoms with Crippen LogP contribution in [-0.2, 0) is 0 Å². The highest BCUT2D eigenvalue weighted by Crippen LogP contribution is 2.42. The molecule has 1 aromatic rings. The molecule has 0 atom stereocenters. The van der Waals surface area contributed by atoms with Crippen molar-refractivity contribution < 1.29 is 18.0 Å². The summed E-state index contributed by atoms with van der Waals surface area (Å²) < 4.78 is 44.4. The normalized spacial score (nSPS) is 22.0. The predicted molar refractivity (Wildman–Crippen MR) is 116 cm³/mol. The molecule has 0 aromatic heterocycles. The number of benzene rings is 1. The lowest BCUT2D eigenvalue weighted by atomic mass is 9.78. The lowest BCUT2D eigenvalue weighted by Crippen LogP contribution is -2.62. The Kier molecular flexibility index (Phi) is 7.74. The molecule has 2 fully saturated rings. The van der Waals surface area contributed by atoms with E-state index in [1.807, 2.05) is 11.9 Å². The molecule has 0 bridgehead atoms. The first-order chi connectivity index (χ1) is 14.3. The van der Waals surface area contributed by atoms with Crippen LogP contribution in [0, 0.1) is 12.7 Å². The molecule has 2 aliphatic rings. The van der Waals surface area contributed by atoms with E-state index >= 15 is 0 Å². The van der Waals surface area contributed by atoms with Gasteiger partial charge in [-0.2, -0.15) is 0 Å². The van der Waals surface area contributed by atoms with E-state index in [1.54, 1.807) is 19.1 Å². The summed E-state index contributed by atoms with van der Waals surface area (Å²) in [6.45, 7) is 7.44. The fourth-order valence-electron chi connectivity index (χ4n) is 4.45. The SMILES string of the molecule is CCCSN1CCN(C2(CNC(=O)c3c(C)cccc3F)CCC(F)(F)CC2)CC1. The van der Waals surface area contributed by atoms with Gasteiger partial charge in [0.05, 0.1) is 5.56 Å². The van der Waals surface area contributed by atoms with Gasteiger partial charge in [-0.15, -0.1) is 0 Å². The summed E-state index contributed by atoms with van der Waals surface area (Å²) in [4.78, 5) is 15.0. The Hall–Kier alpha value is -1.25. The van der Waals surface area contributed by atoms with E-state index in [-0.39, 0.29) is 24.9 Å². The number of carbonyl (C=O) groups excluding carboxylic acids is 1. The number of hydrogen-bond donors (Lipinski definition) is 1. The van der Waals surface area contributed by atoms with Gasteiger partial charge in [-0.25, -0.2) is 17.5 Å². The van der Waals surface area contributed by atoms with E-state index in [9.17, 15) is 18.0 Å². The molecule has 4 nitrogen and oxygen atoms in total. The highest BCUT2D eigenvalue weighted by atomic mass is 32.2. The van der Waals surface area contributed by atoms with Gasteiger partial charge >= 0.3 is 0 Å². The lowest BCUT2D eigenvalue weighted by molar-refractivity contribution is -0.0854. The van der Waals surface area contributed by atoms with Crippen LogP contribution in [0.1, 0.15) is 54.9 Å². The van der Waals surface area contributed by atoms with E-state index < -0.39 is 23.2 Å². The van der Waals surface area contributed by atoms with Crippen LogP contribution in [0.4, 0.5) is 13.2 Å². The Morgan fingerprint density at radius 3 is 2.40 bits per heavy atom. The summed E-state index contributed by atoms with van der Waals surface area (Å²) in [5.41, 5.74) is 0.103. The maximum Gasteiger partial charge on any atom is 0.254 e. The quantitative estimate of drug-likeness (QED) is 0.630. The molecule has 8 heteroatoms. The smallest absolute Gasteiger partial charge is 0.254 e. The van der Waals surface area contributed by atoms with Crippen LogP contribution in [0.25, 0.3) is 0 Å². The van der Waals surface area contributed by atoms with Crippen LogP contribution < -0.4 is 5.32 Å². The van der Waals surface area contributed by atoms with Crippen LogP contribution in [0.2, 0.25) is 0 Å². The van der Waals surface area contributed by atoms with Gasteiger partial charge in [0.2, 0.25) is 5.92 Å². The molecule has 1 heterocycles. The number of alkyl halides is 2. The largest absolute Gasteiger partial charge is 0.350 e. The van der Waals surface area contributed by atoms with E-state index in [0.29, 0.717) is 18.4 Å². The van der Waals surface area contributed by atoms with Gasteiger partial charge in [-0.05, 0) is 37.8 Å². The molecule has 1 aliphatic carbocycles. The molecular formula is C22H32F3N3OS. The second-order valence-corrected chi connectivity index (χ2v) is 9.63. The number of halogens is 3. The molecule has 30 heavy (non-hydrogen) atoms. The number of aryl methyl sites for hydroxylation is 1. The molecule has 1 aromatic carbocycles. The van der Waals surface area contributed by atoms with Crippen molar-refractivity contribution in [2.75, 3.05) is 38.5 Å². The molecule has 0 radical (unpaired) electrons. The molecule has 1 saturated carbocycles. The van der Waals surface area contributed by atoms with Crippen molar-refractivity contribution >= 4 is 17.9 Å². The maximum absolute atomic E-state index is 14.2. The first kappa shape index (κ1) is 23.4. The average Bonchev–Trinajstić information content (AvgIpc) is 2.72. The molecule has 1 saturated heterocycles. The van der Waals surface area contributed by atoms with Gasteiger partial charge in [-0.1, -0.05) is 31.0 Å². The first-order valence-corrected chi connectivity index (χ1v) is 11.7. The van der Waals surface area contributed by atoms with Gasteiger partial charge in [0, 0.05) is 56.9 Å². The Bertz CT molecular complexity index is 708. The molecule has 1 N–H and O–H groups in total. The van der Waals surface area contributed by atoms with Crippen molar-refractivity contribution in [2.45, 2.75) is 57.4 Å². The van der Waals surface area contributed by atoms with Crippen LogP contribution >= 0.6 is 11.9 Å². The second kappa shape index (κ2) is 9.92. The summed E-state index contributed by atoms with van der Waals surface area (Å²) in [5.74, 6) is -2.60. The van der Waals surface area contributed by atoms with Crippen molar-refractivity contribution in [3.63, 3.8) is 0 Å². The third-order valence-electron chi connectivity index (χ3n) is 6.33. The minimum absolute atomic E-state index is 0.0366.